The number of amides is 1. The molecule has 0 atom stereocenters. The summed E-state index contributed by atoms with van der Waals surface area (Å²) in [6, 6.07) is 7.52. The molecule has 4 aromatic carbocycles. The SMILES string of the molecule is CCOc1cc(N=Nc2c(S(=O)(=O)O)cc3cc(S(=O)(=O)O)cc(O)c3c2O)c(OCC)cc1N=Nc1ccc(N=Nc2c(C)c(C(N)=O)c(=O)n(CC)c2O)cc1S(=O)(=O)O. The van der Waals surface area contributed by atoms with Crippen molar-refractivity contribution in [1.82, 2.24) is 4.57 Å². The third-order valence-electron chi connectivity index (χ3n) is 8.55. The molecule has 8 N–H and O–H groups in total. The lowest BCUT2D eigenvalue weighted by atomic mass is 10.1. The molecular weight excluding hydrogens is 885 g/mol. The van der Waals surface area contributed by atoms with Crippen LogP contribution in [-0.4, -0.2) is 77.9 Å². The maximum Gasteiger partial charge on any atom is 0.296 e. The zero-order valence-electron chi connectivity index (χ0n) is 32.4. The van der Waals surface area contributed by atoms with Gasteiger partial charge in [-0.05, 0) is 63.4 Å². The summed E-state index contributed by atoms with van der Waals surface area (Å²) in [5.74, 6) is -3.95. The molecule has 0 saturated heterocycles. The monoisotopic (exact) mass is 918 g/mol. The summed E-state index contributed by atoms with van der Waals surface area (Å²) in [5.41, 5.74) is 1.75. The number of aromatic nitrogens is 1. The maximum absolute atomic E-state index is 12.6. The first-order valence-corrected chi connectivity index (χ1v) is 21.8. The van der Waals surface area contributed by atoms with Crippen molar-refractivity contribution in [2.24, 2.45) is 36.4 Å². The number of pyridine rings is 1. The van der Waals surface area contributed by atoms with Crippen molar-refractivity contribution < 1.29 is 68.5 Å². The lowest BCUT2D eigenvalue weighted by Crippen LogP contribution is -2.30. The zero-order chi connectivity index (χ0) is 46.1. The first-order chi connectivity index (χ1) is 28.9. The van der Waals surface area contributed by atoms with Gasteiger partial charge in [-0.2, -0.15) is 30.4 Å². The number of hydrogen-bond acceptors (Lipinski definition) is 19. The highest BCUT2D eigenvalue weighted by Crippen LogP contribution is 2.47. The number of carbonyl (C=O) groups excluding carboxylic acids is 1. The van der Waals surface area contributed by atoms with E-state index in [1.165, 1.54) is 32.0 Å². The van der Waals surface area contributed by atoms with Gasteiger partial charge in [-0.3, -0.25) is 27.8 Å². The van der Waals surface area contributed by atoms with Crippen LogP contribution in [-0.2, 0) is 36.9 Å². The fraction of sp³-hybridized carbons (Fsp3) is 0.200. The average molecular weight is 919 g/mol. The van der Waals surface area contributed by atoms with Gasteiger partial charge in [0.2, 0.25) is 5.88 Å². The molecule has 5 rings (SSSR count). The van der Waals surface area contributed by atoms with E-state index in [4.69, 9.17) is 15.2 Å². The Hall–Kier alpha value is -6.91. The van der Waals surface area contributed by atoms with E-state index in [1.54, 1.807) is 13.8 Å². The molecule has 0 unspecified atom stereocenters. The fourth-order valence-electron chi connectivity index (χ4n) is 5.80. The lowest BCUT2D eigenvalue weighted by Gasteiger charge is -2.13. The Bertz CT molecular complexity index is 3170. The van der Waals surface area contributed by atoms with Crippen molar-refractivity contribution >= 4 is 81.2 Å². The maximum atomic E-state index is 12.6. The van der Waals surface area contributed by atoms with Crippen LogP contribution in [0, 0.1) is 6.92 Å². The molecular formula is C35H34N8O16S3. The van der Waals surface area contributed by atoms with Crippen molar-refractivity contribution in [3.8, 4) is 28.9 Å². The van der Waals surface area contributed by atoms with Crippen LogP contribution in [0.2, 0.25) is 0 Å². The first-order valence-electron chi connectivity index (χ1n) is 17.5. The summed E-state index contributed by atoms with van der Waals surface area (Å²) in [5, 5.41) is 54.9. The van der Waals surface area contributed by atoms with E-state index in [0.29, 0.717) is 12.1 Å². The van der Waals surface area contributed by atoms with Crippen LogP contribution >= 0.6 is 0 Å². The van der Waals surface area contributed by atoms with Crippen LogP contribution in [0.25, 0.3) is 10.8 Å². The quantitative estimate of drug-likeness (QED) is 0.0445. The Balaban J connectivity index is 1.60. The minimum absolute atomic E-state index is 0.00198. The number of phenolic OH excluding ortho intramolecular Hbond substituents is 2. The molecule has 1 aromatic heterocycles. The fourth-order valence-corrected chi connectivity index (χ4v) is 7.64. The molecule has 0 aliphatic carbocycles. The largest absolute Gasteiger partial charge is 0.507 e. The molecule has 27 heteroatoms. The lowest BCUT2D eigenvalue weighted by molar-refractivity contribution is 0.0997. The van der Waals surface area contributed by atoms with Gasteiger partial charge in [0.15, 0.2) is 5.75 Å². The van der Waals surface area contributed by atoms with Crippen LogP contribution in [0.3, 0.4) is 0 Å². The smallest absolute Gasteiger partial charge is 0.296 e. The van der Waals surface area contributed by atoms with Crippen LogP contribution in [0.1, 0.15) is 36.7 Å². The van der Waals surface area contributed by atoms with Crippen molar-refractivity contribution in [2.75, 3.05) is 13.2 Å². The predicted molar refractivity (Wildman–Crippen MR) is 216 cm³/mol. The minimum Gasteiger partial charge on any atom is -0.507 e. The average Bonchev–Trinajstić information content (AvgIpc) is 3.16. The van der Waals surface area contributed by atoms with Gasteiger partial charge in [0, 0.05) is 30.3 Å². The van der Waals surface area contributed by atoms with Crippen molar-refractivity contribution in [2.45, 2.75) is 48.9 Å². The van der Waals surface area contributed by atoms with Gasteiger partial charge in [-0.15, -0.1) is 25.6 Å². The summed E-state index contributed by atoms with van der Waals surface area (Å²) in [6.45, 7) is 5.87. The molecule has 0 spiro atoms. The van der Waals surface area contributed by atoms with Crippen molar-refractivity contribution in [1.29, 1.82) is 0 Å². The number of benzene rings is 4. The van der Waals surface area contributed by atoms with Crippen LogP contribution < -0.4 is 20.8 Å². The van der Waals surface area contributed by atoms with Crippen LogP contribution in [0.4, 0.5) is 34.1 Å². The Morgan fingerprint density at radius 3 is 1.76 bits per heavy atom. The van der Waals surface area contributed by atoms with E-state index in [2.05, 4.69) is 30.7 Å². The Labute approximate surface area is 350 Å². The molecule has 0 fully saturated rings. The summed E-state index contributed by atoms with van der Waals surface area (Å²) >= 11 is 0. The van der Waals surface area contributed by atoms with Gasteiger partial charge in [0.1, 0.15) is 61.0 Å². The topological polar surface area (TPSA) is 382 Å². The van der Waals surface area contributed by atoms with Gasteiger partial charge in [0.25, 0.3) is 41.8 Å². The predicted octanol–water partition coefficient (Wildman–Crippen LogP) is 6.33. The highest BCUT2D eigenvalue weighted by molar-refractivity contribution is 7.86. The van der Waals surface area contributed by atoms with E-state index in [9.17, 15) is 63.8 Å². The molecule has 1 heterocycles. The number of fused-ring (bicyclic) bond motifs is 1. The Morgan fingerprint density at radius 1 is 0.694 bits per heavy atom. The molecule has 0 bridgehead atoms. The highest BCUT2D eigenvalue weighted by atomic mass is 32.2. The molecule has 0 aliphatic heterocycles. The van der Waals surface area contributed by atoms with Crippen LogP contribution in [0.15, 0.2) is 98.7 Å². The molecule has 62 heavy (non-hydrogen) atoms. The number of hydrogen-bond donors (Lipinski definition) is 7. The third-order valence-corrected chi connectivity index (χ3v) is 11.1. The number of azo groups is 3. The second kappa shape index (κ2) is 17.6. The molecule has 5 aromatic rings. The molecule has 1 amide bonds. The Kier molecular flexibility index (Phi) is 13.1. The summed E-state index contributed by atoms with van der Waals surface area (Å²) < 4.78 is 115. The van der Waals surface area contributed by atoms with E-state index in [-0.39, 0.29) is 59.6 Å². The molecule has 0 saturated carbocycles. The number of aromatic hydroxyl groups is 3. The highest BCUT2D eigenvalue weighted by Gasteiger charge is 2.26. The van der Waals surface area contributed by atoms with E-state index in [1.807, 2.05) is 0 Å². The van der Waals surface area contributed by atoms with Gasteiger partial charge in [0.05, 0.1) is 29.2 Å². The minimum atomic E-state index is -5.23. The molecule has 0 radical (unpaired) electrons. The summed E-state index contributed by atoms with van der Waals surface area (Å²) in [6.07, 6.45) is 0. The van der Waals surface area contributed by atoms with Crippen molar-refractivity contribution in [3.63, 3.8) is 0 Å². The number of carbonyl (C=O) groups is 1. The molecule has 0 aliphatic rings. The summed E-state index contributed by atoms with van der Waals surface area (Å²) in [7, 11) is -15.2. The summed E-state index contributed by atoms with van der Waals surface area (Å²) in [4.78, 5) is 21.9. The zero-order valence-corrected chi connectivity index (χ0v) is 34.9. The van der Waals surface area contributed by atoms with Gasteiger partial charge < -0.3 is 30.5 Å². The number of nitrogens with zero attached hydrogens (tertiary/aromatic N) is 7. The van der Waals surface area contributed by atoms with Crippen molar-refractivity contribution in [3.05, 3.63) is 70.0 Å². The van der Waals surface area contributed by atoms with Gasteiger partial charge >= 0.3 is 0 Å². The van der Waals surface area contributed by atoms with Gasteiger partial charge in [-0.25, -0.2) is 0 Å². The Morgan fingerprint density at radius 2 is 1.24 bits per heavy atom. The second-order valence-electron chi connectivity index (χ2n) is 12.5. The van der Waals surface area contributed by atoms with E-state index < -0.39 is 102 Å². The number of phenols is 2. The van der Waals surface area contributed by atoms with Crippen LogP contribution in [0.5, 0.6) is 28.9 Å². The molecule has 24 nitrogen and oxygen atoms in total. The second-order valence-corrected chi connectivity index (χ2v) is 16.7. The number of rotatable bonds is 15. The number of primary amides is 1. The van der Waals surface area contributed by atoms with Gasteiger partial charge in [-0.1, -0.05) is 0 Å². The standard InChI is InChI=1S/C35H34N8O16S3/c1-5-43-34(47)28(33(36)46)16(4)30(35(43)48)41-37-18-8-9-20(26(12-18)61(52,53)54)38-39-21-14-25(59-7-3)22(15-24(21)58-6-2)40-42-31-27(62(55,56)57)11-17-10-19(60(49,50)51)13-23(44)29(17)32(31)45/h8-15,44-45,48H,5-7H2,1-4H3,(H2,36,46)(H,49,50,51)(H,52,53,54)(H,55,56,57). The third kappa shape index (κ3) is 9.51. The van der Waals surface area contributed by atoms with E-state index >= 15 is 0 Å². The molecule has 328 valence electrons. The number of ether oxygens (including phenoxy) is 2. The van der Waals surface area contributed by atoms with E-state index in [0.717, 1.165) is 22.8 Å². The normalized spacial score (nSPS) is 12.6. The first kappa shape index (κ1) is 46.2. The number of nitrogens with two attached hydrogens (primary N) is 1.